The summed E-state index contributed by atoms with van der Waals surface area (Å²) in [4.78, 5) is 14.7. The van der Waals surface area contributed by atoms with Crippen molar-refractivity contribution in [2.75, 3.05) is 7.11 Å². The number of methoxy groups -OCH3 is 1. The molecular weight excluding hydrogens is 154 g/mol. The summed E-state index contributed by atoms with van der Waals surface area (Å²) in [5.74, 6) is 1.94. The molecule has 0 spiro atoms. The van der Waals surface area contributed by atoms with E-state index in [2.05, 4.69) is 15.6 Å². The molecule has 3 heteroatoms. The summed E-state index contributed by atoms with van der Waals surface area (Å²) in [5, 5.41) is 0. The minimum absolute atomic E-state index is 0.400. The average molecular weight is 161 g/mol. The van der Waals surface area contributed by atoms with Gasteiger partial charge in [-0.15, -0.1) is 6.42 Å². The normalized spacial score (nSPS) is 8.67. The first-order chi connectivity index (χ1) is 5.77. The van der Waals surface area contributed by atoms with Crippen LogP contribution in [-0.2, 0) is 4.74 Å². The average Bonchev–Trinajstić information content (AvgIpc) is 2.17. The molecule has 0 N–H and O–H groups in total. The molecule has 1 heterocycles. The highest BCUT2D eigenvalue weighted by Crippen LogP contribution is 2.00. The molecule has 0 saturated heterocycles. The highest BCUT2D eigenvalue weighted by molar-refractivity contribution is 5.88. The Kier molecular flexibility index (Phi) is 2.44. The molecule has 0 aliphatic rings. The molecule has 0 aromatic carbocycles. The molecule has 0 bridgehead atoms. The fraction of sp³-hybridized carbons (Fsp3) is 0.111. The first-order valence-electron chi connectivity index (χ1n) is 3.29. The molecule has 0 aliphatic carbocycles. The van der Waals surface area contributed by atoms with Crippen LogP contribution in [0.5, 0.6) is 0 Å². The van der Waals surface area contributed by atoms with E-state index in [1.54, 1.807) is 12.1 Å². The van der Waals surface area contributed by atoms with Crippen molar-refractivity contribution in [3.8, 4) is 12.3 Å². The maximum Gasteiger partial charge on any atom is 0.339 e. The largest absolute Gasteiger partial charge is 0.465 e. The van der Waals surface area contributed by atoms with Crippen molar-refractivity contribution >= 4 is 5.97 Å². The van der Waals surface area contributed by atoms with Gasteiger partial charge in [0.15, 0.2) is 0 Å². The van der Waals surface area contributed by atoms with Gasteiger partial charge in [-0.25, -0.2) is 9.78 Å². The third-order valence-electron chi connectivity index (χ3n) is 1.33. The van der Waals surface area contributed by atoms with Crippen LogP contribution in [-0.4, -0.2) is 18.1 Å². The first-order valence-corrected chi connectivity index (χ1v) is 3.29. The van der Waals surface area contributed by atoms with Crippen LogP contribution in [0, 0.1) is 12.3 Å². The monoisotopic (exact) mass is 161 g/mol. The highest BCUT2D eigenvalue weighted by Gasteiger charge is 2.03. The van der Waals surface area contributed by atoms with E-state index in [0.717, 1.165) is 0 Å². The van der Waals surface area contributed by atoms with E-state index in [4.69, 9.17) is 6.42 Å². The smallest absolute Gasteiger partial charge is 0.339 e. The molecule has 0 fully saturated rings. The van der Waals surface area contributed by atoms with Gasteiger partial charge in [-0.1, -0.05) is 5.92 Å². The Morgan fingerprint density at radius 1 is 1.67 bits per heavy atom. The van der Waals surface area contributed by atoms with Crippen molar-refractivity contribution < 1.29 is 9.53 Å². The standard InChI is InChI=1S/C9H7NO2/c1-3-8-5-4-7(6-10-8)9(11)12-2/h1,4-6H,2H3. The lowest BCUT2D eigenvalue weighted by Crippen LogP contribution is -2.01. The van der Waals surface area contributed by atoms with Crippen molar-refractivity contribution in [2.24, 2.45) is 0 Å². The fourth-order valence-corrected chi connectivity index (χ4v) is 0.718. The Bertz CT molecular complexity index is 321. The van der Waals surface area contributed by atoms with E-state index in [1.807, 2.05) is 0 Å². The van der Waals surface area contributed by atoms with Crippen molar-refractivity contribution in [1.29, 1.82) is 0 Å². The second-order valence-corrected chi connectivity index (χ2v) is 2.07. The van der Waals surface area contributed by atoms with Crippen molar-refractivity contribution in [3.05, 3.63) is 29.6 Å². The van der Waals surface area contributed by atoms with Gasteiger partial charge in [0.05, 0.1) is 12.7 Å². The van der Waals surface area contributed by atoms with Crippen LogP contribution >= 0.6 is 0 Å². The summed E-state index contributed by atoms with van der Waals surface area (Å²) in [6.07, 6.45) is 6.47. The predicted molar refractivity (Wildman–Crippen MR) is 43.5 cm³/mol. The van der Waals surface area contributed by atoms with E-state index < -0.39 is 5.97 Å². The number of carbonyl (C=O) groups excluding carboxylic acids is 1. The Balaban J connectivity index is 2.94. The maximum atomic E-state index is 10.9. The number of nitrogens with zero attached hydrogens (tertiary/aromatic N) is 1. The summed E-state index contributed by atoms with van der Waals surface area (Å²) < 4.78 is 4.48. The van der Waals surface area contributed by atoms with E-state index >= 15 is 0 Å². The Morgan fingerprint density at radius 2 is 2.42 bits per heavy atom. The van der Waals surface area contributed by atoms with Gasteiger partial charge in [-0.3, -0.25) is 0 Å². The molecule has 0 aliphatic heterocycles. The van der Waals surface area contributed by atoms with Crippen molar-refractivity contribution in [3.63, 3.8) is 0 Å². The van der Waals surface area contributed by atoms with Crippen LogP contribution < -0.4 is 0 Å². The summed E-state index contributed by atoms with van der Waals surface area (Å²) in [7, 11) is 1.32. The summed E-state index contributed by atoms with van der Waals surface area (Å²) in [6, 6.07) is 3.17. The molecule has 0 atom stereocenters. The molecule has 1 aromatic heterocycles. The Labute approximate surface area is 70.4 Å². The van der Waals surface area contributed by atoms with Gasteiger partial charge in [0.1, 0.15) is 5.69 Å². The number of carbonyl (C=O) groups is 1. The van der Waals surface area contributed by atoms with Crippen molar-refractivity contribution in [2.45, 2.75) is 0 Å². The molecule has 3 nitrogen and oxygen atoms in total. The van der Waals surface area contributed by atoms with Crippen LogP contribution in [0.1, 0.15) is 16.1 Å². The lowest BCUT2D eigenvalue weighted by atomic mass is 10.2. The summed E-state index contributed by atoms with van der Waals surface area (Å²) in [6.45, 7) is 0. The van der Waals surface area contributed by atoms with Crippen LogP contribution in [0.15, 0.2) is 18.3 Å². The molecule has 1 aromatic rings. The van der Waals surface area contributed by atoms with Crippen LogP contribution in [0.25, 0.3) is 0 Å². The maximum absolute atomic E-state index is 10.9. The lowest BCUT2D eigenvalue weighted by molar-refractivity contribution is 0.0600. The number of ether oxygens (including phenoxy) is 1. The van der Waals surface area contributed by atoms with Gasteiger partial charge in [-0.05, 0) is 12.1 Å². The SMILES string of the molecule is C#Cc1ccc(C(=O)OC)cn1. The minimum Gasteiger partial charge on any atom is -0.465 e. The second kappa shape index (κ2) is 3.54. The molecule has 12 heavy (non-hydrogen) atoms. The van der Waals surface area contributed by atoms with E-state index in [-0.39, 0.29) is 0 Å². The van der Waals surface area contributed by atoms with Gasteiger partial charge in [0.25, 0.3) is 0 Å². The predicted octanol–water partition coefficient (Wildman–Crippen LogP) is 0.849. The lowest BCUT2D eigenvalue weighted by Gasteiger charge is -1.96. The van der Waals surface area contributed by atoms with Crippen LogP contribution in [0.4, 0.5) is 0 Å². The molecule has 60 valence electrons. The summed E-state index contributed by atoms with van der Waals surface area (Å²) >= 11 is 0. The topological polar surface area (TPSA) is 39.2 Å². The molecule has 0 unspecified atom stereocenters. The number of esters is 1. The minimum atomic E-state index is -0.411. The quantitative estimate of drug-likeness (QED) is 0.452. The van der Waals surface area contributed by atoms with Gasteiger partial charge in [0.2, 0.25) is 0 Å². The zero-order valence-corrected chi connectivity index (χ0v) is 6.57. The molecular formula is C9H7NO2. The molecule has 0 saturated carbocycles. The van der Waals surface area contributed by atoms with Gasteiger partial charge in [-0.2, -0.15) is 0 Å². The molecule has 0 amide bonds. The third kappa shape index (κ3) is 1.61. The van der Waals surface area contributed by atoms with Gasteiger partial charge < -0.3 is 4.74 Å². The van der Waals surface area contributed by atoms with E-state index in [1.165, 1.54) is 13.3 Å². The number of pyridine rings is 1. The third-order valence-corrected chi connectivity index (χ3v) is 1.33. The van der Waals surface area contributed by atoms with Gasteiger partial charge >= 0.3 is 5.97 Å². The van der Waals surface area contributed by atoms with Gasteiger partial charge in [0, 0.05) is 6.20 Å². The van der Waals surface area contributed by atoms with Crippen molar-refractivity contribution in [1.82, 2.24) is 4.98 Å². The first kappa shape index (κ1) is 8.28. The van der Waals surface area contributed by atoms with Crippen LogP contribution in [0.2, 0.25) is 0 Å². The summed E-state index contributed by atoms with van der Waals surface area (Å²) in [5.41, 5.74) is 0.902. The molecule has 1 rings (SSSR count). The number of rotatable bonds is 1. The number of terminal acetylenes is 1. The second-order valence-electron chi connectivity index (χ2n) is 2.07. The number of hydrogen-bond donors (Lipinski definition) is 0. The molecule has 0 radical (unpaired) electrons. The number of hydrogen-bond acceptors (Lipinski definition) is 3. The zero-order valence-electron chi connectivity index (χ0n) is 6.57. The van der Waals surface area contributed by atoms with Crippen LogP contribution in [0.3, 0.4) is 0 Å². The zero-order chi connectivity index (χ0) is 8.97. The Hall–Kier alpha value is -1.82. The van der Waals surface area contributed by atoms with E-state index in [9.17, 15) is 4.79 Å². The Morgan fingerprint density at radius 3 is 2.83 bits per heavy atom. The van der Waals surface area contributed by atoms with E-state index in [0.29, 0.717) is 11.3 Å². The number of aromatic nitrogens is 1. The highest BCUT2D eigenvalue weighted by atomic mass is 16.5. The fourth-order valence-electron chi connectivity index (χ4n) is 0.718.